The normalized spacial score (nSPS) is 28.1. The smallest absolute Gasteiger partial charge is 0.257 e. The number of aryl methyl sites for hydroxylation is 1. The van der Waals surface area contributed by atoms with Crippen LogP contribution in [0.1, 0.15) is 61.7 Å². The topological polar surface area (TPSA) is 58.4 Å². The summed E-state index contributed by atoms with van der Waals surface area (Å²) >= 11 is 0. The first-order chi connectivity index (χ1) is 12.1. The van der Waals surface area contributed by atoms with E-state index in [2.05, 4.69) is 10.00 Å². The van der Waals surface area contributed by atoms with Gasteiger partial charge >= 0.3 is 0 Å². The van der Waals surface area contributed by atoms with Gasteiger partial charge in [-0.05, 0) is 32.1 Å². The van der Waals surface area contributed by atoms with E-state index < -0.39 is 0 Å². The van der Waals surface area contributed by atoms with E-state index in [1.54, 1.807) is 17.1 Å². The Morgan fingerprint density at radius 2 is 1.96 bits per heavy atom. The van der Waals surface area contributed by atoms with Crippen LogP contribution in [-0.4, -0.2) is 57.1 Å². The molecule has 0 unspecified atom stereocenters. The first kappa shape index (κ1) is 16.6. The van der Waals surface area contributed by atoms with Crippen molar-refractivity contribution in [1.29, 1.82) is 0 Å². The second-order valence-corrected chi connectivity index (χ2v) is 8.05. The number of aromatic nitrogens is 2. The van der Waals surface area contributed by atoms with Gasteiger partial charge in [0, 0.05) is 38.9 Å². The zero-order valence-electron chi connectivity index (χ0n) is 15.1. The molecule has 3 aliphatic rings. The van der Waals surface area contributed by atoms with Crippen molar-refractivity contribution < 1.29 is 9.59 Å². The van der Waals surface area contributed by atoms with Crippen molar-refractivity contribution in [3.8, 4) is 0 Å². The molecule has 1 aromatic heterocycles. The summed E-state index contributed by atoms with van der Waals surface area (Å²) in [4.78, 5) is 30.1. The molecule has 0 radical (unpaired) electrons. The molecule has 1 aromatic rings. The van der Waals surface area contributed by atoms with E-state index in [1.807, 2.05) is 11.9 Å². The summed E-state index contributed by atoms with van der Waals surface area (Å²) < 4.78 is 1.65. The Morgan fingerprint density at radius 3 is 2.68 bits per heavy atom. The summed E-state index contributed by atoms with van der Waals surface area (Å²) in [6, 6.07) is 0.432. The fourth-order valence-corrected chi connectivity index (χ4v) is 4.98. The molecule has 4 rings (SSSR count). The number of piperidine rings is 1. The van der Waals surface area contributed by atoms with Gasteiger partial charge in [-0.15, -0.1) is 0 Å². The summed E-state index contributed by atoms with van der Waals surface area (Å²) in [5, 5.41) is 4.10. The second-order valence-electron chi connectivity index (χ2n) is 8.05. The largest absolute Gasteiger partial charge is 0.339 e. The maximum Gasteiger partial charge on any atom is 0.257 e. The van der Waals surface area contributed by atoms with Gasteiger partial charge in [0.1, 0.15) is 0 Å². The lowest BCUT2D eigenvalue weighted by Crippen LogP contribution is -2.54. The van der Waals surface area contributed by atoms with Gasteiger partial charge in [-0.2, -0.15) is 5.10 Å². The van der Waals surface area contributed by atoms with Gasteiger partial charge in [0.25, 0.3) is 5.91 Å². The third-order valence-corrected chi connectivity index (χ3v) is 6.38. The molecule has 1 spiro atoms. The van der Waals surface area contributed by atoms with Gasteiger partial charge in [-0.25, -0.2) is 0 Å². The number of hydrogen-bond donors (Lipinski definition) is 0. The van der Waals surface area contributed by atoms with Crippen LogP contribution in [0.15, 0.2) is 12.4 Å². The molecule has 3 heterocycles. The van der Waals surface area contributed by atoms with Crippen molar-refractivity contribution in [2.24, 2.45) is 12.5 Å². The molecular weight excluding hydrogens is 316 g/mol. The Hall–Kier alpha value is -1.85. The van der Waals surface area contributed by atoms with E-state index in [1.165, 1.54) is 19.3 Å². The molecule has 0 aromatic carbocycles. The lowest BCUT2D eigenvalue weighted by Gasteiger charge is -2.44. The Morgan fingerprint density at radius 1 is 1.16 bits per heavy atom. The number of amides is 2. The van der Waals surface area contributed by atoms with Crippen LogP contribution in [-0.2, 0) is 11.8 Å². The van der Waals surface area contributed by atoms with Crippen molar-refractivity contribution in [2.75, 3.05) is 19.6 Å². The van der Waals surface area contributed by atoms with Crippen LogP contribution in [0.25, 0.3) is 0 Å². The molecule has 6 heteroatoms. The number of hydrogen-bond acceptors (Lipinski definition) is 3. The van der Waals surface area contributed by atoms with Gasteiger partial charge in [0.15, 0.2) is 0 Å². The number of nitrogens with zero attached hydrogens (tertiary/aromatic N) is 4. The van der Waals surface area contributed by atoms with Crippen LogP contribution in [0.2, 0.25) is 0 Å². The number of carbonyl (C=O) groups excluding carboxylic acids is 2. The summed E-state index contributed by atoms with van der Waals surface area (Å²) in [5.41, 5.74) is 0.278. The van der Waals surface area contributed by atoms with Gasteiger partial charge in [0.2, 0.25) is 5.91 Å². The highest BCUT2D eigenvalue weighted by Gasteiger charge is 2.50. The monoisotopic (exact) mass is 344 g/mol. The van der Waals surface area contributed by atoms with Crippen LogP contribution in [0, 0.1) is 5.41 Å². The Kier molecular flexibility index (Phi) is 4.29. The molecule has 1 saturated carbocycles. The molecule has 136 valence electrons. The van der Waals surface area contributed by atoms with Crippen LogP contribution < -0.4 is 0 Å². The highest BCUT2D eigenvalue weighted by Crippen LogP contribution is 2.42. The van der Waals surface area contributed by atoms with E-state index in [-0.39, 0.29) is 11.3 Å². The lowest BCUT2D eigenvalue weighted by molar-refractivity contribution is -0.149. The zero-order chi connectivity index (χ0) is 17.4. The minimum atomic E-state index is -0.340. The summed E-state index contributed by atoms with van der Waals surface area (Å²) in [6.45, 7) is 2.16. The molecule has 3 fully saturated rings. The summed E-state index contributed by atoms with van der Waals surface area (Å²) in [7, 11) is 1.81. The molecule has 1 aliphatic carbocycles. The predicted octanol–water partition coefficient (Wildman–Crippen LogP) is 2.21. The molecule has 2 aliphatic heterocycles. The van der Waals surface area contributed by atoms with E-state index in [0.717, 1.165) is 38.6 Å². The van der Waals surface area contributed by atoms with Crippen LogP contribution >= 0.6 is 0 Å². The lowest BCUT2D eigenvalue weighted by atomic mass is 9.77. The Bertz CT molecular complexity index is 664. The van der Waals surface area contributed by atoms with Crippen molar-refractivity contribution in [3.63, 3.8) is 0 Å². The van der Waals surface area contributed by atoms with E-state index >= 15 is 0 Å². The number of likely N-dealkylation sites (tertiary alicyclic amines) is 2. The summed E-state index contributed by atoms with van der Waals surface area (Å²) in [5.74, 6) is 0.319. The average molecular weight is 344 g/mol. The fraction of sp³-hybridized carbons (Fsp3) is 0.737. The van der Waals surface area contributed by atoms with Crippen LogP contribution in [0.4, 0.5) is 0 Å². The molecular formula is C19H28N4O2. The Balaban J connectivity index is 1.48. The Labute approximate surface area is 149 Å². The van der Waals surface area contributed by atoms with E-state index in [9.17, 15) is 9.59 Å². The van der Waals surface area contributed by atoms with Crippen molar-refractivity contribution >= 4 is 11.8 Å². The van der Waals surface area contributed by atoms with Gasteiger partial charge in [-0.3, -0.25) is 14.3 Å². The van der Waals surface area contributed by atoms with Crippen LogP contribution in [0.5, 0.6) is 0 Å². The first-order valence-electron chi connectivity index (χ1n) is 9.68. The molecule has 25 heavy (non-hydrogen) atoms. The fourth-order valence-electron chi connectivity index (χ4n) is 4.98. The summed E-state index contributed by atoms with van der Waals surface area (Å²) in [6.07, 6.45) is 12.3. The van der Waals surface area contributed by atoms with Gasteiger partial charge in [-0.1, -0.05) is 19.3 Å². The number of carbonyl (C=O) groups is 2. The predicted molar refractivity (Wildman–Crippen MR) is 94.0 cm³/mol. The minimum Gasteiger partial charge on any atom is -0.339 e. The van der Waals surface area contributed by atoms with Crippen molar-refractivity contribution in [1.82, 2.24) is 19.6 Å². The standard InChI is InChI=1S/C19H28N4O2/c1-21-13-15(12-20-21)17(24)22-11-9-19(14-22)8-5-10-23(18(19)25)16-6-3-2-4-7-16/h12-13,16H,2-11,14H2,1H3/t19-/m0/s1. The molecule has 6 nitrogen and oxygen atoms in total. The molecule has 2 saturated heterocycles. The third-order valence-electron chi connectivity index (χ3n) is 6.38. The SMILES string of the molecule is Cn1cc(C(=O)N2CC[C@@]3(CCCN(C4CCCCC4)C3=O)C2)cn1. The number of rotatable bonds is 2. The van der Waals surface area contributed by atoms with Gasteiger partial charge < -0.3 is 9.80 Å². The van der Waals surface area contributed by atoms with E-state index in [0.29, 0.717) is 30.6 Å². The maximum absolute atomic E-state index is 13.3. The molecule has 0 N–H and O–H groups in total. The van der Waals surface area contributed by atoms with Crippen molar-refractivity contribution in [3.05, 3.63) is 18.0 Å². The van der Waals surface area contributed by atoms with Crippen molar-refractivity contribution in [2.45, 2.75) is 57.4 Å². The molecule has 2 amide bonds. The first-order valence-corrected chi connectivity index (χ1v) is 9.68. The van der Waals surface area contributed by atoms with E-state index in [4.69, 9.17) is 0 Å². The second kappa shape index (κ2) is 6.46. The molecule has 0 bridgehead atoms. The minimum absolute atomic E-state index is 0.00700. The van der Waals surface area contributed by atoms with Crippen LogP contribution in [0.3, 0.4) is 0 Å². The maximum atomic E-state index is 13.3. The zero-order valence-corrected chi connectivity index (χ0v) is 15.1. The van der Waals surface area contributed by atoms with Gasteiger partial charge in [0.05, 0.1) is 17.2 Å². The highest BCUT2D eigenvalue weighted by molar-refractivity contribution is 5.95. The highest BCUT2D eigenvalue weighted by atomic mass is 16.2. The average Bonchev–Trinajstić information content (AvgIpc) is 3.25. The quantitative estimate of drug-likeness (QED) is 0.826. The third kappa shape index (κ3) is 2.96. The molecule has 1 atom stereocenters.